The number of halogens is 1. The Morgan fingerprint density at radius 2 is 2.14 bits per heavy atom. The molecule has 0 heterocycles. The smallest absolute Gasteiger partial charge is 0.195 e. The molecule has 0 saturated heterocycles. The van der Waals surface area contributed by atoms with Crippen molar-refractivity contribution in [2.75, 3.05) is 0 Å². The van der Waals surface area contributed by atoms with Crippen LogP contribution in [0.25, 0.3) is 0 Å². The third kappa shape index (κ3) is 5.88. The average Bonchev–Trinajstić information content (AvgIpc) is 1.30. The summed E-state index contributed by atoms with van der Waals surface area (Å²) in [7, 11) is -4.30. The minimum atomic E-state index is -4.30. The highest BCUT2D eigenvalue weighted by Gasteiger charge is 2.02. The van der Waals surface area contributed by atoms with Gasteiger partial charge in [0.25, 0.3) is 0 Å². The molecule has 0 spiro atoms. The van der Waals surface area contributed by atoms with Gasteiger partial charge in [-0.15, -0.1) is 3.89 Å². The fourth-order valence-corrected chi connectivity index (χ4v) is 0.597. The van der Waals surface area contributed by atoms with Gasteiger partial charge in [-0.05, 0) is 6.42 Å². The summed E-state index contributed by atoms with van der Waals surface area (Å²) in [6.45, 7) is 1.55. The van der Waals surface area contributed by atoms with Crippen LogP contribution >= 0.6 is 0 Å². The lowest BCUT2D eigenvalue weighted by molar-refractivity contribution is 0.557. The van der Waals surface area contributed by atoms with Crippen molar-refractivity contribution in [1.82, 2.24) is 0 Å². The van der Waals surface area contributed by atoms with E-state index < -0.39 is 10.2 Å². The summed E-state index contributed by atoms with van der Waals surface area (Å²) in [5.74, 6) is 0.618. The molecule has 0 amide bonds. The van der Waals surface area contributed by atoms with E-state index in [1.165, 1.54) is 0 Å². The van der Waals surface area contributed by atoms with Crippen molar-refractivity contribution in [2.24, 2.45) is 0 Å². The molecule has 0 aliphatic rings. The number of rotatable bonds is 2. The SMILES string of the molecule is CC[CH]S(=O)(=O)F. The van der Waals surface area contributed by atoms with Crippen molar-refractivity contribution in [1.29, 1.82) is 0 Å². The second-order valence-electron chi connectivity index (χ2n) is 1.05. The highest BCUT2D eigenvalue weighted by molar-refractivity contribution is 7.88. The zero-order chi connectivity index (χ0) is 5.91. The molecule has 0 bridgehead atoms. The van der Waals surface area contributed by atoms with E-state index in [-0.39, 0.29) is 6.42 Å². The summed E-state index contributed by atoms with van der Waals surface area (Å²) in [6.07, 6.45) is 0.221. The molecule has 0 aromatic heterocycles. The Hall–Kier alpha value is -0.120. The Bertz CT molecular complexity index is 126. The monoisotopic (exact) mass is 125 g/mol. The fraction of sp³-hybridized carbons (Fsp3) is 0.667. The standard InChI is InChI=1S/C3H6FO2S/c1-2-3-7(4,5)6/h3H,2H2,1H3. The second kappa shape index (κ2) is 2.26. The Morgan fingerprint density at radius 3 is 2.14 bits per heavy atom. The van der Waals surface area contributed by atoms with Gasteiger partial charge in [-0.25, -0.2) is 0 Å². The van der Waals surface area contributed by atoms with E-state index in [4.69, 9.17) is 0 Å². The van der Waals surface area contributed by atoms with Crippen LogP contribution in [0.4, 0.5) is 3.89 Å². The van der Waals surface area contributed by atoms with Gasteiger partial charge in [0.2, 0.25) is 0 Å². The molecule has 7 heavy (non-hydrogen) atoms. The molecule has 0 aromatic carbocycles. The normalized spacial score (nSPS) is 11.7. The molecule has 0 unspecified atom stereocenters. The fourth-order valence-electron chi connectivity index (χ4n) is 0.199. The summed E-state index contributed by atoms with van der Waals surface area (Å²) < 4.78 is 30.3. The van der Waals surface area contributed by atoms with E-state index in [1.807, 2.05) is 0 Å². The van der Waals surface area contributed by atoms with Crippen molar-refractivity contribution < 1.29 is 12.3 Å². The highest BCUT2D eigenvalue weighted by Crippen LogP contribution is 1.98. The summed E-state index contributed by atoms with van der Waals surface area (Å²) in [5, 5.41) is 0. The molecule has 0 rings (SSSR count). The first kappa shape index (κ1) is 6.88. The Morgan fingerprint density at radius 1 is 1.71 bits per heavy atom. The van der Waals surface area contributed by atoms with Crippen molar-refractivity contribution in [3.63, 3.8) is 0 Å². The van der Waals surface area contributed by atoms with Crippen molar-refractivity contribution in [3.8, 4) is 0 Å². The van der Waals surface area contributed by atoms with E-state index in [1.54, 1.807) is 6.92 Å². The Labute approximate surface area is 42.6 Å². The number of hydrogen-bond donors (Lipinski definition) is 0. The van der Waals surface area contributed by atoms with Gasteiger partial charge in [0.15, 0.2) is 0 Å². The third-order valence-corrected chi connectivity index (χ3v) is 1.10. The molecule has 43 valence electrons. The minimum Gasteiger partial charge on any atom is -0.195 e. The van der Waals surface area contributed by atoms with E-state index >= 15 is 0 Å². The lowest BCUT2D eigenvalue weighted by Gasteiger charge is -1.81. The van der Waals surface area contributed by atoms with Crippen LogP contribution in [0.2, 0.25) is 0 Å². The molecule has 0 atom stereocenters. The Balaban J connectivity index is 3.60. The van der Waals surface area contributed by atoms with E-state index in [2.05, 4.69) is 0 Å². The molecular formula is C3H6FO2S. The zero-order valence-corrected chi connectivity index (χ0v) is 4.70. The third-order valence-electron chi connectivity index (χ3n) is 0.366. The van der Waals surface area contributed by atoms with Crippen LogP contribution in [-0.4, -0.2) is 8.42 Å². The first-order valence-corrected chi connectivity index (χ1v) is 3.29. The van der Waals surface area contributed by atoms with E-state index in [0.29, 0.717) is 5.75 Å². The van der Waals surface area contributed by atoms with Gasteiger partial charge < -0.3 is 0 Å². The number of hydrogen-bond acceptors (Lipinski definition) is 2. The van der Waals surface area contributed by atoms with Crippen molar-refractivity contribution in [2.45, 2.75) is 13.3 Å². The quantitative estimate of drug-likeness (QED) is 0.513. The summed E-state index contributed by atoms with van der Waals surface area (Å²) >= 11 is 0. The van der Waals surface area contributed by atoms with E-state index in [0.717, 1.165) is 0 Å². The average molecular weight is 125 g/mol. The largest absolute Gasteiger partial charge is 0.306 e. The predicted octanol–water partition coefficient (Wildman–Crippen LogP) is 0.857. The first-order valence-electron chi connectivity index (χ1n) is 1.84. The van der Waals surface area contributed by atoms with Gasteiger partial charge in [-0.3, -0.25) is 0 Å². The molecule has 0 aromatic rings. The van der Waals surface area contributed by atoms with Gasteiger partial charge in [0, 0.05) is 0 Å². The van der Waals surface area contributed by atoms with Crippen LogP contribution in [0.15, 0.2) is 0 Å². The van der Waals surface area contributed by atoms with Crippen LogP contribution < -0.4 is 0 Å². The topological polar surface area (TPSA) is 34.1 Å². The van der Waals surface area contributed by atoms with Gasteiger partial charge in [0.05, 0.1) is 0 Å². The maximum atomic E-state index is 11.3. The zero-order valence-electron chi connectivity index (χ0n) is 3.89. The summed E-state index contributed by atoms with van der Waals surface area (Å²) in [5.41, 5.74) is 0. The summed E-state index contributed by atoms with van der Waals surface area (Å²) in [4.78, 5) is 0. The minimum absolute atomic E-state index is 0.221. The van der Waals surface area contributed by atoms with Gasteiger partial charge in [0.1, 0.15) is 5.75 Å². The van der Waals surface area contributed by atoms with Crippen LogP contribution in [0.3, 0.4) is 0 Å². The van der Waals surface area contributed by atoms with Crippen LogP contribution in [-0.2, 0) is 10.2 Å². The second-order valence-corrected chi connectivity index (χ2v) is 2.33. The van der Waals surface area contributed by atoms with Gasteiger partial charge in [-0.1, -0.05) is 6.92 Å². The lowest BCUT2D eigenvalue weighted by atomic mass is 10.6. The maximum Gasteiger partial charge on any atom is 0.306 e. The molecule has 0 N–H and O–H groups in total. The first-order chi connectivity index (χ1) is 3.06. The molecule has 4 heteroatoms. The molecule has 0 aliphatic carbocycles. The highest BCUT2D eigenvalue weighted by atomic mass is 32.3. The molecule has 1 radical (unpaired) electrons. The predicted molar refractivity (Wildman–Crippen MR) is 24.6 cm³/mol. The maximum absolute atomic E-state index is 11.3. The molecule has 0 fully saturated rings. The van der Waals surface area contributed by atoms with Crippen molar-refractivity contribution in [3.05, 3.63) is 5.75 Å². The van der Waals surface area contributed by atoms with Gasteiger partial charge >= 0.3 is 10.2 Å². The molecule has 2 nitrogen and oxygen atoms in total. The molecule has 0 aliphatic heterocycles. The molecular weight excluding hydrogens is 119 g/mol. The lowest BCUT2D eigenvalue weighted by Crippen LogP contribution is -1.87. The van der Waals surface area contributed by atoms with Crippen LogP contribution in [0, 0.1) is 5.75 Å². The Kier molecular flexibility index (Phi) is 2.22. The molecule has 0 saturated carbocycles. The van der Waals surface area contributed by atoms with E-state index in [9.17, 15) is 12.3 Å². The van der Waals surface area contributed by atoms with Crippen LogP contribution in [0.5, 0.6) is 0 Å². The van der Waals surface area contributed by atoms with Crippen LogP contribution in [0.1, 0.15) is 13.3 Å². The summed E-state index contributed by atoms with van der Waals surface area (Å²) in [6, 6.07) is 0. The van der Waals surface area contributed by atoms with Crippen molar-refractivity contribution >= 4 is 10.2 Å². The van der Waals surface area contributed by atoms with Gasteiger partial charge in [-0.2, -0.15) is 8.42 Å².